The SMILES string of the molecule is CCCCN(C)C(=O)c1ncoc1-c1ccccc1C(=O)N1CCCCCC1. The highest BCUT2D eigenvalue weighted by Crippen LogP contribution is 2.29. The van der Waals surface area contributed by atoms with Gasteiger partial charge in [-0.25, -0.2) is 4.98 Å². The van der Waals surface area contributed by atoms with E-state index in [1.807, 2.05) is 23.1 Å². The molecule has 0 spiro atoms. The first-order valence-electron chi connectivity index (χ1n) is 10.2. The summed E-state index contributed by atoms with van der Waals surface area (Å²) in [7, 11) is 1.77. The summed E-state index contributed by atoms with van der Waals surface area (Å²) < 4.78 is 5.60. The summed E-state index contributed by atoms with van der Waals surface area (Å²) in [4.78, 5) is 33.8. The van der Waals surface area contributed by atoms with Crippen LogP contribution in [0.1, 0.15) is 66.3 Å². The monoisotopic (exact) mass is 383 g/mol. The van der Waals surface area contributed by atoms with E-state index in [9.17, 15) is 9.59 Å². The van der Waals surface area contributed by atoms with Crippen LogP contribution >= 0.6 is 0 Å². The minimum atomic E-state index is -0.186. The third-order valence-electron chi connectivity index (χ3n) is 5.26. The molecule has 0 N–H and O–H groups in total. The molecule has 150 valence electrons. The zero-order valence-electron chi connectivity index (χ0n) is 16.8. The number of unbranched alkanes of at least 4 members (excludes halogenated alkanes) is 1. The Bertz CT molecular complexity index is 807. The van der Waals surface area contributed by atoms with Gasteiger partial charge in [-0.2, -0.15) is 0 Å². The first kappa shape index (κ1) is 20.1. The van der Waals surface area contributed by atoms with Gasteiger partial charge in [0, 0.05) is 32.2 Å². The molecule has 6 nitrogen and oxygen atoms in total. The highest BCUT2D eigenvalue weighted by Gasteiger charge is 2.26. The summed E-state index contributed by atoms with van der Waals surface area (Å²) in [6.45, 7) is 4.30. The Morgan fingerprint density at radius 1 is 1.14 bits per heavy atom. The number of hydrogen-bond acceptors (Lipinski definition) is 4. The Morgan fingerprint density at radius 2 is 1.86 bits per heavy atom. The van der Waals surface area contributed by atoms with Crippen molar-refractivity contribution in [2.75, 3.05) is 26.7 Å². The van der Waals surface area contributed by atoms with Crippen molar-refractivity contribution in [3.05, 3.63) is 41.9 Å². The van der Waals surface area contributed by atoms with E-state index < -0.39 is 0 Å². The molecule has 0 bridgehead atoms. The molecular weight excluding hydrogens is 354 g/mol. The lowest BCUT2D eigenvalue weighted by atomic mass is 10.0. The number of carbonyl (C=O) groups excluding carboxylic acids is 2. The molecule has 1 saturated heterocycles. The average Bonchev–Trinajstić information content (AvgIpc) is 3.05. The summed E-state index contributed by atoms with van der Waals surface area (Å²) in [6.07, 6.45) is 7.61. The molecular formula is C22H29N3O3. The zero-order valence-corrected chi connectivity index (χ0v) is 16.8. The Morgan fingerprint density at radius 3 is 2.57 bits per heavy atom. The van der Waals surface area contributed by atoms with Crippen LogP contribution < -0.4 is 0 Å². The van der Waals surface area contributed by atoms with Gasteiger partial charge < -0.3 is 14.2 Å². The van der Waals surface area contributed by atoms with E-state index in [1.54, 1.807) is 18.0 Å². The van der Waals surface area contributed by atoms with Gasteiger partial charge in [0.2, 0.25) is 0 Å². The van der Waals surface area contributed by atoms with E-state index in [2.05, 4.69) is 11.9 Å². The van der Waals surface area contributed by atoms with Crippen LogP contribution in [-0.4, -0.2) is 53.3 Å². The number of oxazole rings is 1. The lowest BCUT2D eigenvalue weighted by Gasteiger charge is -2.21. The molecule has 1 aliphatic rings. The molecule has 1 aromatic carbocycles. The first-order chi connectivity index (χ1) is 13.6. The van der Waals surface area contributed by atoms with Gasteiger partial charge in [-0.1, -0.05) is 44.4 Å². The third-order valence-corrected chi connectivity index (χ3v) is 5.26. The number of aromatic nitrogens is 1. The average molecular weight is 383 g/mol. The number of nitrogens with zero attached hydrogens (tertiary/aromatic N) is 3. The van der Waals surface area contributed by atoms with Gasteiger partial charge in [0.15, 0.2) is 17.8 Å². The molecule has 0 atom stereocenters. The normalized spacial score (nSPS) is 14.6. The maximum atomic E-state index is 13.2. The summed E-state index contributed by atoms with van der Waals surface area (Å²) >= 11 is 0. The van der Waals surface area contributed by atoms with Crippen LogP contribution in [0.3, 0.4) is 0 Å². The smallest absolute Gasteiger partial charge is 0.276 e. The van der Waals surface area contributed by atoms with E-state index in [0.717, 1.165) is 51.6 Å². The van der Waals surface area contributed by atoms with Crippen molar-refractivity contribution in [2.24, 2.45) is 0 Å². The van der Waals surface area contributed by atoms with Crippen LogP contribution in [0.2, 0.25) is 0 Å². The number of rotatable bonds is 6. The third kappa shape index (κ3) is 4.43. The molecule has 1 aromatic heterocycles. The van der Waals surface area contributed by atoms with E-state index in [0.29, 0.717) is 23.4 Å². The van der Waals surface area contributed by atoms with Crippen molar-refractivity contribution in [2.45, 2.75) is 45.4 Å². The van der Waals surface area contributed by atoms with E-state index >= 15 is 0 Å². The van der Waals surface area contributed by atoms with Crippen LogP contribution in [0.4, 0.5) is 0 Å². The minimum absolute atomic E-state index is 0.00774. The van der Waals surface area contributed by atoms with Crippen LogP contribution in [-0.2, 0) is 0 Å². The van der Waals surface area contributed by atoms with Crippen LogP contribution in [0.25, 0.3) is 11.3 Å². The molecule has 0 unspecified atom stereocenters. The number of amides is 2. The Balaban J connectivity index is 1.90. The topological polar surface area (TPSA) is 66.7 Å². The van der Waals surface area contributed by atoms with Crippen molar-refractivity contribution >= 4 is 11.8 Å². The van der Waals surface area contributed by atoms with Crippen LogP contribution in [0.5, 0.6) is 0 Å². The molecule has 0 radical (unpaired) electrons. The van der Waals surface area contributed by atoms with E-state index in [4.69, 9.17) is 4.42 Å². The predicted octanol–water partition coefficient (Wildman–Crippen LogP) is 4.23. The Kier molecular flexibility index (Phi) is 6.85. The molecule has 0 saturated carbocycles. The van der Waals surface area contributed by atoms with E-state index in [1.165, 1.54) is 6.39 Å². The van der Waals surface area contributed by atoms with Crippen molar-refractivity contribution in [1.82, 2.24) is 14.8 Å². The molecule has 1 fully saturated rings. The van der Waals surface area contributed by atoms with Gasteiger partial charge in [0.05, 0.1) is 5.56 Å². The van der Waals surface area contributed by atoms with Gasteiger partial charge in [-0.3, -0.25) is 9.59 Å². The quantitative estimate of drug-likeness (QED) is 0.749. The van der Waals surface area contributed by atoms with Gasteiger partial charge in [0.25, 0.3) is 11.8 Å². The second kappa shape index (κ2) is 9.53. The molecule has 2 heterocycles. The second-order valence-electron chi connectivity index (χ2n) is 7.36. The van der Waals surface area contributed by atoms with Crippen molar-refractivity contribution < 1.29 is 14.0 Å². The maximum Gasteiger partial charge on any atom is 0.276 e. The molecule has 2 amide bonds. The highest BCUT2D eigenvalue weighted by molar-refractivity contribution is 6.04. The fraction of sp³-hybridized carbons (Fsp3) is 0.500. The number of hydrogen-bond donors (Lipinski definition) is 0. The van der Waals surface area contributed by atoms with Crippen molar-refractivity contribution in [3.63, 3.8) is 0 Å². The highest BCUT2D eigenvalue weighted by atomic mass is 16.3. The van der Waals surface area contributed by atoms with Crippen LogP contribution in [0.15, 0.2) is 35.1 Å². The molecule has 28 heavy (non-hydrogen) atoms. The van der Waals surface area contributed by atoms with Gasteiger partial charge >= 0.3 is 0 Å². The summed E-state index contributed by atoms with van der Waals surface area (Å²) in [5.74, 6) is 0.174. The Labute approximate surface area is 166 Å². The lowest BCUT2D eigenvalue weighted by Crippen LogP contribution is -2.32. The van der Waals surface area contributed by atoms with Gasteiger partial charge in [-0.05, 0) is 25.3 Å². The number of carbonyl (C=O) groups is 2. The standard InChI is InChI=1S/C22H29N3O3/c1-3-4-13-24(2)22(27)19-20(28-16-23-19)17-11-7-8-12-18(17)21(26)25-14-9-5-6-10-15-25/h7-8,11-12,16H,3-6,9-10,13-15H2,1-2H3. The van der Waals surface area contributed by atoms with E-state index in [-0.39, 0.29) is 17.5 Å². The maximum absolute atomic E-state index is 13.2. The van der Waals surface area contributed by atoms with Crippen molar-refractivity contribution in [3.8, 4) is 11.3 Å². The Hall–Kier alpha value is -2.63. The molecule has 0 aliphatic carbocycles. The molecule has 2 aromatic rings. The fourth-order valence-corrected chi connectivity index (χ4v) is 3.58. The minimum Gasteiger partial charge on any atom is -0.443 e. The largest absolute Gasteiger partial charge is 0.443 e. The number of benzene rings is 1. The summed E-state index contributed by atoms with van der Waals surface area (Å²) in [6, 6.07) is 7.33. The lowest BCUT2D eigenvalue weighted by molar-refractivity contribution is 0.0759. The fourth-order valence-electron chi connectivity index (χ4n) is 3.58. The number of likely N-dealkylation sites (tertiary alicyclic amines) is 1. The molecule has 1 aliphatic heterocycles. The zero-order chi connectivity index (χ0) is 19.9. The van der Waals surface area contributed by atoms with Crippen molar-refractivity contribution in [1.29, 1.82) is 0 Å². The second-order valence-corrected chi connectivity index (χ2v) is 7.36. The summed E-state index contributed by atoms with van der Waals surface area (Å²) in [5.41, 5.74) is 1.45. The predicted molar refractivity (Wildman–Crippen MR) is 108 cm³/mol. The van der Waals surface area contributed by atoms with Gasteiger partial charge in [0.1, 0.15) is 0 Å². The van der Waals surface area contributed by atoms with Gasteiger partial charge in [-0.15, -0.1) is 0 Å². The molecule has 6 heteroatoms. The first-order valence-corrected chi connectivity index (χ1v) is 10.2. The van der Waals surface area contributed by atoms with Crippen LogP contribution in [0, 0.1) is 0 Å². The summed E-state index contributed by atoms with van der Waals surface area (Å²) in [5, 5.41) is 0. The molecule has 3 rings (SSSR count).